The summed E-state index contributed by atoms with van der Waals surface area (Å²) in [5.41, 5.74) is 3.20. The molecular weight excluding hydrogens is 190 g/mol. The van der Waals surface area contributed by atoms with Crippen LogP contribution < -0.4 is 0 Å². The minimum Gasteiger partial charge on any atom is -0.463 e. The summed E-state index contributed by atoms with van der Waals surface area (Å²) in [4.78, 5) is 15.6. The highest BCUT2D eigenvalue weighted by Crippen LogP contribution is 2.30. The van der Waals surface area contributed by atoms with E-state index in [9.17, 15) is 4.79 Å². The molecule has 2 rings (SSSR count). The third-order valence-corrected chi connectivity index (χ3v) is 2.45. The van der Waals surface area contributed by atoms with Crippen molar-refractivity contribution in [3.05, 3.63) is 35.7 Å². The third kappa shape index (κ3) is 2.06. The van der Waals surface area contributed by atoms with Gasteiger partial charge in [0.2, 0.25) is 0 Å². The zero-order chi connectivity index (χ0) is 10.7. The van der Waals surface area contributed by atoms with E-state index >= 15 is 0 Å². The summed E-state index contributed by atoms with van der Waals surface area (Å²) in [6.45, 7) is 2.23. The lowest BCUT2D eigenvalue weighted by atomic mass is 10.1. The van der Waals surface area contributed by atoms with Gasteiger partial charge in [-0.25, -0.2) is 4.79 Å². The van der Waals surface area contributed by atoms with Crippen LogP contribution in [0.15, 0.2) is 24.4 Å². The Morgan fingerprint density at radius 1 is 1.60 bits per heavy atom. The van der Waals surface area contributed by atoms with Crippen molar-refractivity contribution in [3.63, 3.8) is 0 Å². The van der Waals surface area contributed by atoms with E-state index in [2.05, 4.69) is 4.98 Å². The zero-order valence-corrected chi connectivity index (χ0v) is 8.69. The summed E-state index contributed by atoms with van der Waals surface area (Å²) >= 11 is 0. The molecule has 0 unspecified atom stereocenters. The third-order valence-electron chi connectivity index (χ3n) is 2.45. The molecule has 3 heteroatoms. The van der Waals surface area contributed by atoms with Crippen LogP contribution in [0.2, 0.25) is 0 Å². The number of fused-ring (bicyclic) bond motifs is 1. The molecule has 3 nitrogen and oxygen atoms in total. The SMILES string of the molecule is CCOC(=O)C=C1CCc2ncccc21. The van der Waals surface area contributed by atoms with Crippen molar-refractivity contribution < 1.29 is 9.53 Å². The van der Waals surface area contributed by atoms with E-state index in [1.165, 1.54) is 0 Å². The maximum absolute atomic E-state index is 11.3. The molecule has 0 fully saturated rings. The van der Waals surface area contributed by atoms with Crippen LogP contribution in [-0.4, -0.2) is 17.6 Å². The van der Waals surface area contributed by atoms with Crippen molar-refractivity contribution in [2.75, 3.05) is 6.61 Å². The van der Waals surface area contributed by atoms with Crippen LogP contribution in [0, 0.1) is 0 Å². The van der Waals surface area contributed by atoms with Crippen LogP contribution in [-0.2, 0) is 16.0 Å². The molecule has 0 saturated heterocycles. The highest BCUT2D eigenvalue weighted by atomic mass is 16.5. The van der Waals surface area contributed by atoms with E-state index in [0.29, 0.717) is 6.61 Å². The minimum atomic E-state index is -0.260. The molecular formula is C12H13NO2. The highest BCUT2D eigenvalue weighted by Gasteiger charge is 2.17. The highest BCUT2D eigenvalue weighted by molar-refractivity contribution is 5.92. The summed E-state index contributed by atoms with van der Waals surface area (Å²) in [7, 11) is 0. The molecule has 0 saturated carbocycles. The average molecular weight is 203 g/mol. The van der Waals surface area contributed by atoms with Gasteiger partial charge in [-0.1, -0.05) is 6.07 Å². The number of pyridine rings is 1. The fraction of sp³-hybridized carbons (Fsp3) is 0.333. The van der Waals surface area contributed by atoms with Gasteiger partial charge in [0.25, 0.3) is 0 Å². The van der Waals surface area contributed by atoms with Crippen molar-refractivity contribution in [2.24, 2.45) is 0 Å². The minimum absolute atomic E-state index is 0.260. The van der Waals surface area contributed by atoms with Gasteiger partial charge in [0.05, 0.1) is 6.61 Å². The molecule has 1 aliphatic rings. The van der Waals surface area contributed by atoms with E-state index in [1.54, 1.807) is 19.2 Å². The molecule has 1 heterocycles. The summed E-state index contributed by atoms with van der Waals surface area (Å²) < 4.78 is 4.88. The number of rotatable bonds is 2. The first kappa shape index (κ1) is 9.90. The normalized spacial score (nSPS) is 16.5. The molecule has 1 aliphatic carbocycles. The molecule has 15 heavy (non-hydrogen) atoms. The Morgan fingerprint density at radius 2 is 2.47 bits per heavy atom. The van der Waals surface area contributed by atoms with Crippen molar-refractivity contribution in [2.45, 2.75) is 19.8 Å². The maximum Gasteiger partial charge on any atom is 0.331 e. The van der Waals surface area contributed by atoms with Crippen molar-refractivity contribution in [3.8, 4) is 0 Å². The standard InChI is InChI=1S/C12H13NO2/c1-2-15-12(14)8-9-5-6-11-10(9)4-3-7-13-11/h3-4,7-8H,2,5-6H2,1H3. The molecule has 0 N–H and O–H groups in total. The number of carbonyl (C=O) groups is 1. The van der Waals surface area contributed by atoms with Gasteiger partial charge >= 0.3 is 5.97 Å². The summed E-state index contributed by atoms with van der Waals surface area (Å²) in [5, 5.41) is 0. The van der Waals surface area contributed by atoms with Gasteiger partial charge in [-0.2, -0.15) is 0 Å². The number of hydrogen-bond acceptors (Lipinski definition) is 3. The first-order chi connectivity index (χ1) is 7.31. The van der Waals surface area contributed by atoms with Crippen LogP contribution >= 0.6 is 0 Å². The molecule has 0 atom stereocenters. The van der Waals surface area contributed by atoms with Crippen LogP contribution in [0.5, 0.6) is 0 Å². The van der Waals surface area contributed by atoms with E-state index < -0.39 is 0 Å². The first-order valence-electron chi connectivity index (χ1n) is 5.13. The fourth-order valence-corrected chi connectivity index (χ4v) is 1.79. The smallest absolute Gasteiger partial charge is 0.331 e. The Hall–Kier alpha value is -1.64. The Morgan fingerprint density at radius 3 is 3.27 bits per heavy atom. The van der Waals surface area contributed by atoms with Gasteiger partial charge in [0.15, 0.2) is 0 Å². The van der Waals surface area contributed by atoms with Gasteiger partial charge in [-0.15, -0.1) is 0 Å². The number of aryl methyl sites for hydroxylation is 1. The average Bonchev–Trinajstić information content (AvgIpc) is 2.62. The number of hydrogen-bond donors (Lipinski definition) is 0. The molecule has 0 aromatic carbocycles. The van der Waals surface area contributed by atoms with Crippen molar-refractivity contribution >= 4 is 11.5 Å². The van der Waals surface area contributed by atoms with Crippen LogP contribution in [0.4, 0.5) is 0 Å². The summed E-state index contributed by atoms with van der Waals surface area (Å²) in [6.07, 6.45) is 5.16. The lowest BCUT2D eigenvalue weighted by molar-refractivity contribution is -0.137. The van der Waals surface area contributed by atoms with Gasteiger partial charge in [0, 0.05) is 18.0 Å². The van der Waals surface area contributed by atoms with Gasteiger partial charge in [-0.05, 0) is 37.0 Å². The summed E-state index contributed by atoms with van der Waals surface area (Å²) in [6, 6.07) is 3.89. The number of nitrogens with zero attached hydrogens (tertiary/aromatic N) is 1. The monoisotopic (exact) mass is 203 g/mol. The largest absolute Gasteiger partial charge is 0.463 e. The van der Waals surface area contributed by atoms with Gasteiger partial charge in [0.1, 0.15) is 0 Å². The number of carbonyl (C=O) groups excluding carboxylic acids is 1. The number of aromatic nitrogens is 1. The lowest BCUT2D eigenvalue weighted by Crippen LogP contribution is -2.00. The second kappa shape index (κ2) is 4.26. The summed E-state index contributed by atoms with van der Waals surface area (Å²) in [5.74, 6) is -0.260. The Kier molecular flexibility index (Phi) is 2.81. The molecule has 0 amide bonds. The second-order valence-electron chi connectivity index (χ2n) is 3.42. The lowest BCUT2D eigenvalue weighted by Gasteiger charge is -2.00. The number of allylic oxidation sites excluding steroid dienone is 1. The first-order valence-corrected chi connectivity index (χ1v) is 5.13. The van der Waals surface area contributed by atoms with Crippen LogP contribution in [0.1, 0.15) is 24.6 Å². The zero-order valence-electron chi connectivity index (χ0n) is 8.69. The predicted molar refractivity (Wildman–Crippen MR) is 57.2 cm³/mol. The molecule has 0 radical (unpaired) electrons. The molecule has 0 bridgehead atoms. The van der Waals surface area contributed by atoms with E-state index in [1.807, 2.05) is 12.1 Å². The molecule has 1 aromatic heterocycles. The number of ether oxygens (including phenoxy) is 1. The molecule has 0 aliphatic heterocycles. The predicted octanol–water partition coefficient (Wildman–Crippen LogP) is 1.97. The van der Waals surface area contributed by atoms with E-state index in [4.69, 9.17) is 4.74 Å². The topological polar surface area (TPSA) is 39.2 Å². The Bertz CT molecular complexity index is 410. The Balaban J connectivity index is 2.23. The number of esters is 1. The quantitative estimate of drug-likeness (QED) is 0.545. The van der Waals surface area contributed by atoms with E-state index in [0.717, 1.165) is 29.7 Å². The second-order valence-corrected chi connectivity index (χ2v) is 3.42. The van der Waals surface area contributed by atoms with Gasteiger partial charge in [-0.3, -0.25) is 4.98 Å². The van der Waals surface area contributed by atoms with Crippen molar-refractivity contribution in [1.29, 1.82) is 0 Å². The van der Waals surface area contributed by atoms with Crippen molar-refractivity contribution in [1.82, 2.24) is 4.98 Å². The van der Waals surface area contributed by atoms with Crippen LogP contribution in [0.3, 0.4) is 0 Å². The fourth-order valence-electron chi connectivity index (χ4n) is 1.79. The van der Waals surface area contributed by atoms with Gasteiger partial charge < -0.3 is 4.74 Å². The Labute approximate surface area is 88.8 Å². The molecule has 78 valence electrons. The van der Waals surface area contributed by atoms with E-state index in [-0.39, 0.29) is 5.97 Å². The van der Waals surface area contributed by atoms with Crippen LogP contribution in [0.25, 0.3) is 5.57 Å². The molecule has 1 aromatic rings. The maximum atomic E-state index is 11.3. The molecule has 0 spiro atoms.